The second-order valence-corrected chi connectivity index (χ2v) is 12.2. The molecule has 0 radical (unpaired) electrons. The summed E-state index contributed by atoms with van der Waals surface area (Å²) in [5.41, 5.74) is 6.23. The van der Waals surface area contributed by atoms with Gasteiger partial charge in [-0.1, -0.05) is 43.3 Å². The van der Waals surface area contributed by atoms with Crippen LogP contribution in [0.25, 0.3) is 11.0 Å². The zero-order chi connectivity index (χ0) is 29.6. The van der Waals surface area contributed by atoms with Crippen LogP contribution in [0.5, 0.6) is 5.75 Å². The predicted molar refractivity (Wildman–Crippen MR) is 158 cm³/mol. The summed E-state index contributed by atoms with van der Waals surface area (Å²) in [4.78, 5) is 30.0. The number of pyridine rings is 1. The largest absolute Gasteiger partial charge is 0.487 e. The van der Waals surface area contributed by atoms with E-state index in [1.54, 1.807) is 24.6 Å². The molecule has 1 aliphatic heterocycles. The Morgan fingerprint density at radius 1 is 1.17 bits per heavy atom. The molecule has 0 amide bonds. The van der Waals surface area contributed by atoms with Crippen molar-refractivity contribution in [2.24, 2.45) is 18.4 Å². The zero-order valence-corrected chi connectivity index (χ0v) is 24.9. The highest BCUT2D eigenvalue weighted by molar-refractivity contribution is 5.81. The molecule has 0 saturated carbocycles. The van der Waals surface area contributed by atoms with E-state index in [-0.39, 0.29) is 17.6 Å². The maximum atomic E-state index is 12.7. The quantitative estimate of drug-likeness (QED) is 0.331. The fourth-order valence-corrected chi connectivity index (χ4v) is 5.89. The molecule has 1 unspecified atom stereocenters. The Kier molecular flexibility index (Phi) is 7.50. The maximum absolute atomic E-state index is 12.7. The highest BCUT2D eigenvalue weighted by atomic mass is 16.5. The maximum Gasteiger partial charge on any atom is 0.310 e. The minimum absolute atomic E-state index is 0.0364. The molecule has 0 aliphatic carbocycles. The van der Waals surface area contributed by atoms with Gasteiger partial charge in [0.2, 0.25) is 5.56 Å². The molecule has 9 heteroatoms. The van der Waals surface area contributed by atoms with E-state index in [9.17, 15) is 14.7 Å². The summed E-state index contributed by atoms with van der Waals surface area (Å²) in [6.07, 6.45) is -0.0364. The molecule has 2 atom stereocenters. The Bertz CT molecular complexity index is 1670. The highest BCUT2D eigenvalue weighted by Gasteiger charge is 2.40. The van der Waals surface area contributed by atoms with Gasteiger partial charge in [0.05, 0.1) is 16.6 Å². The number of rotatable bonds is 7. The smallest absolute Gasteiger partial charge is 0.310 e. The lowest BCUT2D eigenvalue weighted by Crippen LogP contribution is -2.36. The van der Waals surface area contributed by atoms with Crippen molar-refractivity contribution in [3.05, 3.63) is 86.3 Å². The van der Waals surface area contributed by atoms with Crippen molar-refractivity contribution in [3.8, 4) is 5.75 Å². The van der Waals surface area contributed by atoms with Gasteiger partial charge in [-0.2, -0.15) is 0 Å². The van der Waals surface area contributed by atoms with Gasteiger partial charge in [-0.15, -0.1) is 5.10 Å². The first kappa shape index (κ1) is 28.5. The third-order valence-electron chi connectivity index (χ3n) is 8.56. The first-order valence-corrected chi connectivity index (χ1v) is 14.1. The molecule has 5 rings (SSSR count). The van der Waals surface area contributed by atoms with E-state index in [0.29, 0.717) is 19.6 Å². The number of carboxylic acid groups (broad SMARTS) is 1. The van der Waals surface area contributed by atoms with Gasteiger partial charge in [-0.25, -0.2) is 4.68 Å². The third kappa shape index (κ3) is 5.38. The standard InChI is InChI=1S/C32H39N5O4/c1-18(2)27-17-37(16-24-26(41-27)12-13-28(38)33-24)15-22-14-21(9-8-19(22)3)29(32(5,6)31(39)40)23-10-11-25-30(20(23)4)34-35-36(25)7/h8-14,18,27,29H,15-17H2,1-7H3,(H,33,38)(H,39,40)/t27-,29?/m1/s1. The molecule has 0 saturated heterocycles. The van der Waals surface area contributed by atoms with Gasteiger partial charge in [0.15, 0.2) is 0 Å². The number of benzene rings is 2. The van der Waals surface area contributed by atoms with Gasteiger partial charge in [0, 0.05) is 38.7 Å². The van der Waals surface area contributed by atoms with Crippen LogP contribution < -0.4 is 10.3 Å². The number of aromatic nitrogens is 4. The SMILES string of the molecule is Cc1ccc(C(c2ccc3c(nnn3C)c2C)C(C)(C)C(=O)O)cc1CN1Cc2[nH]c(=O)ccc2O[C@@H](C(C)C)C1. The molecule has 1 aliphatic rings. The second kappa shape index (κ2) is 10.8. The van der Waals surface area contributed by atoms with E-state index < -0.39 is 17.3 Å². The number of aryl methyl sites for hydroxylation is 3. The normalized spacial score (nSPS) is 16.8. The summed E-state index contributed by atoms with van der Waals surface area (Å²) in [7, 11) is 1.85. The molecule has 2 aromatic heterocycles. The van der Waals surface area contributed by atoms with Crippen LogP contribution in [-0.2, 0) is 24.9 Å². The van der Waals surface area contributed by atoms with Crippen LogP contribution in [0.1, 0.15) is 67.1 Å². The van der Waals surface area contributed by atoms with E-state index in [4.69, 9.17) is 4.74 Å². The molecule has 4 aromatic rings. The van der Waals surface area contributed by atoms with Crippen LogP contribution in [-0.4, -0.2) is 48.6 Å². The number of hydrogen-bond acceptors (Lipinski definition) is 6. The zero-order valence-electron chi connectivity index (χ0n) is 24.9. The number of hydrogen-bond donors (Lipinski definition) is 2. The summed E-state index contributed by atoms with van der Waals surface area (Å²) in [6, 6.07) is 13.5. The monoisotopic (exact) mass is 557 g/mol. The van der Waals surface area contributed by atoms with Crippen molar-refractivity contribution < 1.29 is 14.6 Å². The Balaban J connectivity index is 1.57. The molecule has 0 spiro atoms. The van der Waals surface area contributed by atoms with E-state index in [1.165, 1.54) is 6.07 Å². The first-order chi connectivity index (χ1) is 19.4. The van der Waals surface area contributed by atoms with Crippen molar-refractivity contribution in [3.63, 3.8) is 0 Å². The van der Waals surface area contributed by atoms with Gasteiger partial charge in [0.25, 0.3) is 0 Å². The number of carbonyl (C=O) groups is 1. The van der Waals surface area contributed by atoms with E-state index in [1.807, 2.05) is 32.2 Å². The number of nitrogens with one attached hydrogen (secondary N) is 1. The number of carboxylic acids is 1. The summed E-state index contributed by atoms with van der Waals surface area (Å²) in [6.45, 7) is 13.8. The summed E-state index contributed by atoms with van der Waals surface area (Å²) >= 11 is 0. The number of aromatic amines is 1. The number of H-pyrrole nitrogens is 1. The van der Waals surface area contributed by atoms with Crippen molar-refractivity contribution in [1.29, 1.82) is 0 Å². The van der Waals surface area contributed by atoms with Gasteiger partial charge >= 0.3 is 5.97 Å². The van der Waals surface area contributed by atoms with Crippen LogP contribution in [0.2, 0.25) is 0 Å². The summed E-state index contributed by atoms with van der Waals surface area (Å²) in [5, 5.41) is 18.9. The number of fused-ring (bicyclic) bond motifs is 2. The molecule has 2 aromatic carbocycles. The lowest BCUT2D eigenvalue weighted by atomic mass is 9.69. The number of aliphatic carboxylic acids is 1. The topological polar surface area (TPSA) is 113 Å². The summed E-state index contributed by atoms with van der Waals surface area (Å²) < 4.78 is 8.05. The van der Waals surface area contributed by atoms with Crippen LogP contribution in [0.3, 0.4) is 0 Å². The Labute approximate surface area is 240 Å². The molecule has 0 fully saturated rings. The van der Waals surface area contributed by atoms with Crippen LogP contribution in [0.4, 0.5) is 0 Å². The van der Waals surface area contributed by atoms with E-state index >= 15 is 0 Å². The van der Waals surface area contributed by atoms with Gasteiger partial charge in [-0.05, 0) is 73.6 Å². The molecule has 9 nitrogen and oxygen atoms in total. The fourth-order valence-electron chi connectivity index (χ4n) is 5.89. The van der Waals surface area contributed by atoms with Crippen LogP contribution in [0, 0.1) is 25.2 Å². The lowest BCUT2D eigenvalue weighted by Gasteiger charge is -2.33. The van der Waals surface area contributed by atoms with E-state index in [0.717, 1.165) is 50.3 Å². The van der Waals surface area contributed by atoms with Gasteiger partial charge in [-0.3, -0.25) is 14.5 Å². The summed E-state index contributed by atoms with van der Waals surface area (Å²) in [5.74, 6) is -0.288. The van der Waals surface area contributed by atoms with Crippen LogP contribution >= 0.6 is 0 Å². The predicted octanol–water partition coefficient (Wildman–Crippen LogP) is 4.94. The molecular formula is C32H39N5O4. The first-order valence-electron chi connectivity index (χ1n) is 14.1. The molecule has 3 heterocycles. The Morgan fingerprint density at radius 3 is 2.63 bits per heavy atom. The minimum atomic E-state index is -1.09. The minimum Gasteiger partial charge on any atom is -0.487 e. The molecule has 0 bridgehead atoms. The van der Waals surface area contributed by atoms with Crippen LogP contribution in [0.15, 0.2) is 47.3 Å². The Hall–Kier alpha value is -3.98. The Morgan fingerprint density at radius 2 is 1.93 bits per heavy atom. The van der Waals surface area contributed by atoms with Crippen molar-refractivity contribution in [2.45, 2.75) is 66.7 Å². The molecular weight excluding hydrogens is 518 g/mol. The van der Waals surface area contributed by atoms with Crippen molar-refractivity contribution in [2.75, 3.05) is 6.54 Å². The average Bonchev–Trinajstić information content (AvgIpc) is 3.18. The van der Waals surface area contributed by atoms with Crippen molar-refractivity contribution >= 4 is 17.0 Å². The lowest BCUT2D eigenvalue weighted by molar-refractivity contribution is -0.147. The molecule has 216 valence electrons. The van der Waals surface area contributed by atoms with Gasteiger partial charge in [0.1, 0.15) is 17.4 Å². The molecule has 2 N–H and O–H groups in total. The highest BCUT2D eigenvalue weighted by Crippen LogP contribution is 2.44. The third-order valence-corrected chi connectivity index (χ3v) is 8.56. The molecule has 41 heavy (non-hydrogen) atoms. The number of nitrogens with zero attached hydrogens (tertiary/aromatic N) is 4. The van der Waals surface area contributed by atoms with Gasteiger partial charge < -0.3 is 14.8 Å². The second-order valence-electron chi connectivity index (χ2n) is 12.2. The fraction of sp³-hybridized carbons (Fsp3) is 0.438. The number of ether oxygens (including phenoxy) is 1. The average molecular weight is 558 g/mol. The van der Waals surface area contributed by atoms with E-state index in [2.05, 4.69) is 53.1 Å². The van der Waals surface area contributed by atoms with Crippen molar-refractivity contribution in [1.82, 2.24) is 24.9 Å².